The summed E-state index contributed by atoms with van der Waals surface area (Å²) in [6.45, 7) is 4.46. The number of allylic oxidation sites excluding steroid dienone is 1. The van der Waals surface area contributed by atoms with Crippen molar-refractivity contribution in [3.8, 4) is 5.75 Å². The summed E-state index contributed by atoms with van der Waals surface area (Å²) in [7, 11) is 0. The van der Waals surface area contributed by atoms with E-state index >= 15 is 4.39 Å². The van der Waals surface area contributed by atoms with Gasteiger partial charge < -0.3 is 42.5 Å². The highest BCUT2D eigenvalue weighted by molar-refractivity contribution is 6.25. The zero-order valence-electron chi connectivity index (χ0n) is 21.4. The van der Waals surface area contributed by atoms with Crippen molar-refractivity contribution in [3.63, 3.8) is 0 Å². The molecule has 0 heterocycles. The number of carbonyl (C=O) groups is 4. The van der Waals surface area contributed by atoms with Gasteiger partial charge in [-0.05, 0) is 37.6 Å². The molecule has 4 atom stereocenters. The summed E-state index contributed by atoms with van der Waals surface area (Å²) in [6, 6.07) is -0.620. The van der Waals surface area contributed by atoms with Crippen molar-refractivity contribution in [2.75, 3.05) is 18.4 Å². The molecule has 0 radical (unpaired) electrons. The molecule has 0 saturated carbocycles. The summed E-state index contributed by atoms with van der Waals surface area (Å²) >= 11 is 0. The fraction of sp³-hybridized carbons (Fsp3) is 0.462. The van der Waals surface area contributed by atoms with E-state index in [-0.39, 0.29) is 30.6 Å². The second-order valence-electron chi connectivity index (χ2n) is 10.6. The number of rotatable bonds is 7. The number of aromatic hydroxyl groups is 1. The number of hydrogen-bond acceptors (Lipinski definition) is 10. The quantitative estimate of drug-likeness (QED) is 0.132. The standard InChI is InChI=1S/C26H31FN4O8/c1-9(2)3-4-30-8-15(32)31-14-7-13(27)11-5-10-6-12-19(28)22(35)18(25(29)38)24(37)26(12,39)23(36)16(10)21(34)17(11)20(14)33/h7,9-10,12,19,30,33,35-36,39H,3-6,8,28H2,1-2H3,(H2,29,38)(H,31,32)/t10-,12-,19-,26-/m0/s1. The molecule has 0 saturated heterocycles. The van der Waals surface area contributed by atoms with Gasteiger partial charge in [-0.2, -0.15) is 0 Å². The number of nitrogens with one attached hydrogen (secondary N) is 2. The minimum Gasteiger partial charge on any atom is -0.510 e. The lowest BCUT2D eigenvalue weighted by molar-refractivity contribution is -0.145. The van der Waals surface area contributed by atoms with Crippen LogP contribution in [0, 0.1) is 23.6 Å². The van der Waals surface area contributed by atoms with Crippen molar-refractivity contribution in [1.29, 1.82) is 0 Å². The fourth-order valence-electron chi connectivity index (χ4n) is 5.62. The molecule has 10 N–H and O–H groups in total. The normalized spacial score (nSPS) is 26.4. The number of anilines is 1. The highest BCUT2D eigenvalue weighted by Gasteiger charge is 2.62. The van der Waals surface area contributed by atoms with Crippen LogP contribution in [0.5, 0.6) is 5.75 Å². The molecule has 3 aliphatic carbocycles. The molecule has 2 amide bonds. The summed E-state index contributed by atoms with van der Waals surface area (Å²) in [5.41, 5.74) is 5.73. The van der Waals surface area contributed by atoms with Gasteiger partial charge in [0, 0.05) is 23.1 Å². The van der Waals surface area contributed by atoms with Crippen molar-refractivity contribution in [3.05, 3.63) is 45.7 Å². The Morgan fingerprint density at radius 1 is 1.23 bits per heavy atom. The minimum absolute atomic E-state index is 0.133. The van der Waals surface area contributed by atoms with Crippen molar-refractivity contribution in [1.82, 2.24) is 5.32 Å². The molecule has 13 heteroatoms. The van der Waals surface area contributed by atoms with Crippen LogP contribution in [0.3, 0.4) is 0 Å². The monoisotopic (exact) mass is 546 g/mol. The Balaban J connectivity index is 1.72. The highest BCUT2D eigenvalue weighted by atomic mass is 19.1. The van der Waals surface area contributed by atoms with Crippen molar-refractivity contribution < 1.29 is 44.0 Å². The zero-order valence-corrected chi connectivity index (χ0v) is 21.4. The number of benzene rings is 1. The molecule has 0 aliphatic heterocycles. The van der Waals surface area contributed by atoms with Crippen molar-refractivity contribution in [2.45, 2.75) is 44.8 Å². The molecule has 12 nitrogen and oxygen atoms in total. The van der Waals surface area contributed by atoms with Gasteiger partial charge in [0.2, 0.25) is 11.7 Å². The Kier molecular flexibility index (Phi) is 7.27. The van der Waals surface area contributed by atoms with Gasteiger partial charge in [-0.25, -0.2) is 4.39 Å². The Morgan fingerprint density at radius 3 is 2.51 bits per heavy atom. The van der Waals surface area contributed by atoms with E-state index in [0.717, 1.165) is 12.5 Å². The van der Waals surface area contributed by atoms with Crippen LogP contribution in [-0.2, 0) is 20.8 Å². The van der Waals surface area contributed by atoms with E-state index in [2.05, 4.69) is 10.6 Å². The summed E-state index contributed by atoms with van der Waals surface area (Å²) in [6.07, 6.45) is 0.341. The largest absolute Gasteiger partial charge is 0.510 e. The number of carbonyl (C=O) groups excluding carboxylic acids is 4. The van der Waals surface area contributed by atoms with Crippen LogP contribution in [0.15, 0.2) is 28.7 Å². The van der Waals surface area contributed by atoms with Gasteiger partial charge in [0.15, 0.2) is 17.1 Å². The number of halogens is 1. The number of Topliss-reactive ketones (excluding diaryl/α,β-unsaturated/α-hetero) is 2. The third-order valence-electron chi connectivity index (χ3n) is 7.66. The second-order valence-corrected chi connectivity index (χ2v) is 10.6. The number of hydrogen-bond donors (Lipinski definition) is 8. The number of aliphatic hydroxyl groups is 3. The third kappa shape index (κ3) is 4.45. The number of phenolic OH excluding ortho intramolecular Hbond substituents is 1. The first-order valence-corrected chi connectivity index (χ1v) is 12.5. The summed E-state index contributed by atoms with van der Waals surface area (Å²) in [4.78, 5) is 50.8. The van der Waals surface area contributed by atoms with E-state index in [1.54, 1.807) is 0 Å². The molecule has 1 aromatic rings. The molecular formula is C26H31FN4O8. The smallest absolute Gasteiger partial charge is 0.255 e. The molecule has 0 fully saturated rings. The number of phenols is 1. The molecule has 1 aromatic carbocycles. The van der Waals surface area contributed by atoms with Gasteiger partial charge in [0.25, 0.3) is 5.91 Å². The SMILES string of the molecule is CC(C)CCNCC(=O)Nc1cc(F)c2c(c1O)C(=O)C1=C(O)[C@]3(O)C(=O)C(C(N)=O)=C(O)[C@@H](N)[C@@H]3C[C@@H]1C2. The summed E-state index contributed by atoms with van der Waals surface area (Å²) < 4.78 is 15.2. The topological polar surface area (TPSA) is 225 Å². The maximum Gasteiger partial charge on any atom is 0.255 e. The van der Waals surface area contributed by atoms with Crippen LogP contribution < -0.4 is 22.1 Å². The van der Waals surface area contributed by atoms with E-state index in [4.69, 9.17) is 11.5 Å². The van der Waals surface area contributed by atoms with E-state index in [1.807, 2.05) is 13.8 Å². The van der Waals surface area contributed by atoms with Gasteiger partial charge in [-0.1, -0.05) is 13.8 Å². The van der Waals surface area contributed by atoms with Crippen molar-refractivity contribution >= 4 is 29.1 Å². The lowest BCUT2D eigenvalue weighted by Gasteiger charge is -2.47. The highest BCUT2D eigenvalue weighted by Crippen LogP contribution is 2.52. The lowest BCUT2D eigenvalue weighted by Crippen LogP contribution is -2.63. The molecular weight excluding hydrogens is 515 g/mol. The third-order valence-corrected chi connectivity index (χ3v) is 7.66. The van der Waals surface area contributed by atoms with Gasteiger partial charge >= 0.3 is 0 Å². The Morgan fingerprint density at radius 2 is 1.90 bits per heavy atom. The molecule has 39 heavy (non-hydrogen) atoms. The van der Waals surface area contributed by atoms with E-state index in [9.17, 15) is 39.6 Å². The van der Waals surface area contributed by atoms with E-state index < -0.39 is 86.7 Å². The molecule has 0 unspecified atom stereocenters. The van der Waals surface area contributed by atoms with E-state index in [1.165, 1.54) is 0 Å². The molecule has 210 valence electrons. The van der Waals surface area contributed by atoms with Crippen LogP contribution in [0.4, 0.5) is 10.1 Å². The zero-order chi connectivity index (χ0) is 29.0. The van der Waals surface area contributed by atoms with Gasteiger partial charge in [-0.3, -0.25) is 19.2 Å². The molecule has 3 aliphatic rings. The van der Waals surface area contributed by atoms with Crippen LogP contribution in [0.2, 0.25) is 0 Å². The van der Waals surface area contributed by atoms with Crippen LogP contribution in [0.25, 0.3) is 0 Å². The first-order valence-electron chi connectivity index (χ1n) is 12.5. The maximum atomic E-state index is 15.2. The van der Waals surface area contributed by atoms with Crippen LogP contribution in [0.1, 0.15) is 42.6 Å². The van der Waals surface area contributed by atoms with Gasteiger partial charge in [0.05, 0.1) is 23.8 Å². The molecule has 4 rings (SSSR count). The molecule has 0 bridgehead atoms. The Labute approximate surface area is 222 Å². The number of ketones is 2. The predicted molar refractivity (Wildman–Crippen MR) is 135 cm³/mol. The maximum absolute atomic E-state index is 15.2. The van der Waals surface area contributed by atoms with Crippen LogP contribution >= 0.6 is 0 Å². The predicted octanol–water partition coefficient (Wildman–Crippen LogP) is 0.231. The Hall–Kier alpha value is -3.81. The minimum atomic E-state index is -2.86. The van der Waals surface area contributed by atoms with Gasteiger partial charge in [0.1, 0.15) is 22.9 Å². The number of amides is 2. The number of fused-ring (bicyclic) bond motifs is 3. The second kappa shape index (κ2) is 10.1. The summed E-state index contributed by atoms with van der Waals surface area (Å²) in [5.74, 6) is -10.0. The Bertz CT molecular complexity index is 1350. The molecule has 0 spiro atoms. The van der Waals surface area contributed by atoms with E-state index in [0.29, 0.717) is 12.5 Å². The first-order chi connectivity index (χ1) is 18.2. The molecule has 0 aromatic heterocycles. The van der Waals surface area contributed by atoms with Crippen LogP contribution in [-0.4, -0.2) is 68.5 Å². The number of nitrogens with two attached hydrogens (primary N) is 2. The first kappa shape index (κ1) is 28.2. The average Bonchev–Trinajstić information content (AvgIpc) is 2.85. The van der Waals surface area contributed by atoms with Crippen molar-refractivity contribution in [2.24, 2.45) is 29.2 Å². The number of primary amides is 1. The number of aliphatic hydroxyl groups excluding tert-OH is 2. The lowest BCUT2D eigenvalue weighted by atomic mass is 9.59. The van der Waals surface area contributed by atoms with Gasteiger partial charge in [-0.15, -0.1) is 0 Å². The fourth-order valence-corrected chi connectivity index (χ4v) is 5.62. The average molecular weight is 547 g/mol. The summed E-state index contributed by atoms with van der Waals surface area (Å²) in [5, 5.41) is 48.9.